The second-order valence-electron chi connectivity index (χ2n) is 6.05. The van der Waals surface area contributed by atoms with Crippen LogP contribution in [0.2, 0.25) is 5.15 Å². The number of carbonyl (C=O) groups is 1. The van der Waals surface area contributed by atoms with Crippen LogP contribution in [0.15, 0.2) is 18.2 Å². The van der Waals surface area contributed by atoms with E-state index in [1.165, 1.54) is 0 Å². The summed E-state index contributed by atoms with van der Waals surface area (Å²) >= 11 is 6.18. The van der Waals surface area contributed by atoms with Crippen LogP contribution in [0.4, 0.5) is 4.79 Å². The summed E-state index contributed by atoms with van der Waals surface area (Å²) in [5, 5.41) is 13.9. The number of hydrogen-bond donors (Lipinski definition) is 2. The largest absolute Gasteiger partial charge is 0.503 e. The Hall–Kier alpha value is -2.25. The molecule has 0 aliphatic rings. The molecule has 25 heavy (non-hydrogen) atoms. The second-order valence-corrected chi connectivity index (χ2v) is 6.41. The van der Waals surface area contributed by atoms with E-state index in [2.05, 4.69) is 10.3 Å². The first-order chi connectivity index (χ1) is 11.8. The Morgan fingerprint density at radius 3 is 2.72 bits per heavy atom. The average molecular weight is 368 g/mol. The number of pyridine rings is 1. The molecule has 0 aliphatic carbocycles. The molecular weight excluding hydrogens is 346 g/mol. The molecule has 2 rings (SSSR count). The van der Waals surface area contributed by atoms with Gasteiger partial charge in [-0.05, 0) is 46.1 Å². The summed E-state index contributed by atoms with van der Waals surface area (Å²) in [5.74, 6) is 0.122. The van der Waals surface area contributed by atoms with Gasteiger partial charge in [-0.3, -0.25) is 0 Å². The van der Waals surface area contributed by atoms with Crippen LogP contribution in [0.5, 0.6) is 17.4 Å². The monoisotopic (exact) mass is 367 g/mol. The average Bonchev–Trinajstić information content (AvgIpc) is 2.51. The van der Waals surface area contributed by atoms with Crippen molar-refractivity contribution < 1.29 is 19.4 Å². The molecular formula is C17H22ClN3O4. The minimum absolute atomic E-state index is 0.00579. The highest BCUT2D eigenvalue weighted by molar-refractivity contribution is 6.34. The number of rotatable bonds is 6. The molecule has 0 radical (unpaired) electrons. The van der Waals surface area contributed by atoms with Crippen molar-refractivity contribution in [2.45, 2.75) is 20.0 Å². The predicted octanol–water partition coefficient (Wildman–Crippen LogP) is 3.03. The molecule has 0 aliphatic heterocycles. The van der Waals surface area contributed by atoms with Crippen molar-refractivity contribution in [3.63, 3.8) is 0 Å². The third-order valence-corrected chi connectivity index (χ3v) is 3.55. The van der Waals surface area contributed by atoms with Crippen molar-refractivity contribution >= 4 is 28.5 Å². The van der Waals surface area contributed by atoms with E-state index in [1.54, 1.807) is 18.2 Å². The van der Waals surface area contributed by atoms with Crippen LogP contribution < -0.4 is 14.8 Å². The summed E-state index contributed by atoms with van der Waals surface area (Å²) in [7, 11) is 3.78. The Balaban J connectivity index is 2.22. The molecule has 1 aromatic heterocycles. The Bertz CT molecular complexity index is 765. The molecule has 0 saturated carbocycles. The van der Waals surface area contributed by atoms with Gasteiger partial charge in [-0.25, -0.2) is 4.79 Å². The molecule has 1 amide bonds. The van der Waals surface area contributed by atoms with E-state index in [0.29, 0.717) is 29.6 Å². The highest BCUT2D eigenvalue weighted by Gasteiger charge is 2.17. The predicted molar refractivity (Wildman–Crippen MR) is 96.8 cm³/mol. The summed E-state index contributed by atoms with van der Waals surface area (Å²) in [6.07, 6.45) is -0.703. The number of benzene rings is 1. The lowest BCUT2D eigenvalue weighted by Crippen LogP contribution is -2.33. The number of nitrogens with one attached hydrogen (secondary N) is 1. The van der Waals surface area contributed by atoms with Crippen LogP contribution in [0, 0.1) is 0 Å². The first kappa shape index (κ1) is 19.1. The number of fused-ring (bicyclic) bond motifs is 1. The van der Waals surface area contributed by atoms with Crippen molar-refractivity contribution in [3.05, 3.63) is 23.4 Å². The van der Waals surface area contributed by atoms with Crippen LogP contribution in [0.1, 0.15) is 13.8 Å². The standard InChI is InChI=1S/C17H22ClN3O4/c1-10(2)24-11-5-6-12-13(9-11)15(18)20-16(14(12)22)25-17(23)19-7-8-21(3)4/h5-6,9-10,22H,7-8H2,1-4H3,(H,19,23). The van der Waals surface area contributed by atoms with Gasteiger partial charge in [0, 0.05) is 23.9 Å². The number of hydrogen-bond acceptors (Lipinski definition) is 6. The summed E-state index contributed by atoms with van der Waals surface area (Å²) in [6, 6.07) is 5.04. The van der Waals surface area contributed by atoms with Gasteiger partial charge in [-0.15, -0.1) is 0 Å². The zero-order valence-electron chi connectivity index (χ0n) is 14.7. The van der Waals surface area contributed by atoms with Crippen LogP contribution >= 0.6 is 11.6 Å². The number of likely N-dealkylation sites (N-methyl/N-ethyl adjacent to an activating group) is 1. The molecule has 0 saturated heterocycles. The van der Waals surface area contributed by atoms with Gasteiger partial charge in [0.15, 0.2) is 5.75 Å². The molecule has 2 aromatic rings. The number of carbonyl (C=O) groups excluding carboxylic acids is 1. The highest BCUT2D eigenvalue weighted by atomic mass is 35.5. The quantitative estimate of drug-likeness (QED) is 0.763. The molecule has 0 atom stereocenters. The lowest BCUT2D eigenvalue weighted by Gasteiger charge is -2.13. The van der Waals surface area contributed by atoms with Gasteiger partial charge in [0.05, 0.1) is 6.10 Å². The van der Waals surface area contributed by atoms with Crippen molar-refractivity contribution in [3.8, 4) is 17.4 Å². The Labute approximate surface area is 151 Å². The molecule has 8 heteroatoms. The number of nitrogens with zero attached hydrogens (tertiary/aromatic N) is 2. The van der Waals surface area contributed by atoms with Crippen molar-refractivity contribution in [2.24, 2.45) is 0 Å². The number of ether oxygens (including phenoxy) is 2. The van der Waals surface area contributed by atoms with E-state index in [9.17, 15) is 9.90 Å². The molecule has 1 heterocycles. The van der Waals surface area contributed by atoms with Gasteiger partial charge in [-0.1, -0.05) is 11.6 Å². The molecule has 0 bridgehead atoms. The fraction of sp³-hybridized carbons (Fsp3) is 0.412. The van der Waals surface area contributed by atoms with Gasteiger partial charge < -0.3 is 24.8 Å². The smallest absolute Gasteiger partial charge is 0.414 e. The van der Waals surface area contributed by atoms with Gasteiger partial charge in [0.2, 0.25) is 0 Å². The lowest BCUT2D eigenvalue weighted by atomic mass is 10.1. The van der Waals surface area contributed by atoms with Crippen molar-refractivity contribution in [1.82, 2.24) is 15.2 Å². The van der Waals surface area contributed by atoms with E-state index in [-0.39, 0.29) is 22.9 Å². The first-order valence-corrected chi connectivity index (χ1v) is 8.25. The van der Waals surface area contributed by atoms with Gasteiger partial charge >= 0.3 is 6.09 Å². The summed E-state index contributed by atoms with van der Waals surface area (Å²) in [6.45, 7) is 4.89. The normalized spacial score (nSPS) is 11.2. The summed E-state index contributed by atoms with van der Waals surface area (Å²) < 4.78 is 10.7. The minimum atomic E-state index is -0.708. The van der Waals surface area contributed by atoms with E-state index < -0.39 is 6.09 Å². The number of amides is 1. The maximum absolute atomic E-state index is 11.8. The number of halogens is 1. The second kappa shape index (κ2) is 8.22. The SMILES string of the molecule is CC(C)Oc1ccc2c(O)c(OC(=O)NCCN(C)C)nc(Cl)c2c1. The first-order valence-electron chi connectivity index (χ1n) is 7.87. The number of aromatic hydroxyl groups is 1. The fourth-order valence-electron chi connectivity index (χ4n) is 2.14. The fourth-order valence-corrected chi connectivity index (χ4v) is 2.37. The Morgan fingerprint density at radius 1 is 1.36 bits per heavy atom. The molecule has 0 fully saturated rings. The Morgan fingerprint density at radius 2 is 2.08 bits per heavy atom. The van der Waals surface area contributed by atoms with Gasteiger partial charge in [0.25, 0.3) is 5.88 Å². The minimum Gasteiger partial charge on any atom is -0.503 e. The van der Waals surface area contributed by atoms with Crippen LogP contribution in [0.3, 0.4) is 0 Å². The van der Waals surface area contributed by atoms with E-state index >= 15 is 0 Å². The topological polar surface area (TPSA) is 83.9 Å². The van der Waals surface area contributed by atoms with E-state index in [4.69, 9.17) is 21.1 Å². The molecule has 0 unspecified atom stereocenters. The maximum Gasteiger partial charge on any atom is 0.414 e. The zero-order chi connectivity index (χ0) is 18.6. The molecule has 7 nitrogen and oxygen atoms in total. The molecule has 0 spiro atoms. The van der Waals surface area contributed by atoms with Crippen molar-refractivity contribution in [1.29, 1.82) is 0 Å². The van der Waals surface area contributed by atoms with Gasteiger partial charge in [-0.2, -0.15) is 4.98 Å². The Kier molecular flexibility index (Phi) is 6.27. The third kappa shape index (κ3) is 5.11. The van der Waals surface area contributed by atoms with Crippen molar-refractivity contribution in [2.75, 3.05) is 27.2 Å². The highest BCUT2D eigenvalue weighted by Crippen LogP contribution is 2.38. The molecule has 136 valence electrons. The van der Waals surface area contributed by atoms with E-state index in [1.807, 2.05) is 32.8 Å². The third-order valence-electron chi connectivity index (χ3n) is 3.26. The van der Waals surface area contributed by atoms with E-state index in [0.717, 1.165) is 0 Å². The van der Waals surface area contributed by atoms with Crippen LogP contribution in [-0.4, -0.2) is 54.4 Å². The molecule has 1 aromatic carbocycles. The number of aromatic nitrogens is 1. The molecule has 2 N–H and O–H groups in total. The van der Waals surface area contributed by atoms with Crippen LogP contribution in [-0.2, 0) is 0 Å². The lowest BCUT2D eigenvalue weighted by molar-refractivity contribution is 0.195. The zero-order valence-corrected chi connectivity index (χ0v) is 15.4. The maximum atomic E-state index is 11.8. The summed E-state index contributed by atoms with van der Waals surface area (Å²) in [4.78, 5) is 17.7. The summed E-state index contributed by atoms with van der Waals surface area (Å²) in [5.41, 5.74) is 0. The van der Waals surface area contributed by atoms with Gasteiger partial charge in [0.1, 0.15) is 10.9 Å². The van der Waals surface area contributed by atoms with Crippen LogP contribution in [0.25, 0.3) is 10.8 Å².